The highest BCUT2D eigenvalue weighted by Crippen LogP contribution is 2.19. The minimum atomic E-state index is -0.313. The predicted octanol–water partition coefficient (Wildman–Crippen LogP) is 0.511. The fourth-order valence-electron chi connectivity index (χ4n) is 1.37. The molecule has 15 heavy (non-hydrogen) atoms. The van der Waals surface area contributed by atoms with Gasteiger partial charge in [0.05, 0.1) is 5.52 Å². The monoisotopic (exact) mass is 201 g/mol. The molecule has 0 amide bonds. The zero-order valence-electron chi connectivity index (χ0n) is 7.93. The lowest BCUT2D eigenvalue weighted by Gasteiger charge is -2.04. The van der Waals surface area contributed by atoms with Gasteiger partial charge in [0.2, 0.25) is 0 Å². The van der Waals surface area contributed by atoms with Crippen LogP contribution < -0.4 is 5.56 Å². The minimum absolute atomic E-state index is 0.204. The molecular weight excluding hydrogens is 194 g/mol. The quantitative estimate of drug-likeness (QED) is 0.673. The van der Waals surface area contributed by atoms with Gasteiger partial charge in [-0.25, -0.2) is 4.98 Å². The molecule has 0 aliphatic rings. The molecule has 0 saturated carbocycles. The molecule has 0 atom stereocenters. The van der Waals surface area contributed by atoms with Crippen molar-refractivity contribution in [3.8, 4) is 11.8 Å². The van der Waals surface area contributed by atoms with E-state index in [1.807, 2.05) is 6.07 Å². The van der Waals surface area contributed by atoms with Gasteiger partial charge in [-0.1, -0.05) is 0 Å². The Balaban J connectivity index is 2.98. The number of aromatic hydroxyl groups is 1. The highest BCUT2D eigenvalue weighted by molar-refractivity contribution is 5.81. The number of rotatable bonds is 0. The van der Waals surface area contributed by atoms with Crippen LogP contribution >= 0.6 is 0 Å². The largest absolute Gasteiger partial charge is 0.505 e. The van der Waals surface area contributed by atoms with Crippen LogP contribution in [-0.4, -0.2) is 14.7 Å². The van der Waals surface area contributed by atoms with Crippen LogP contribution in [0.15, 0.2) is 23.0 Å². The Kier molecular flexibility index (Phi) is 1.90. The van der Waals surface area contributed by atoms with E-state index in [1.54, 1.807) is 13.1 Å². The van der Waals surface area contributed by atoms with Crippen molar-refractivity contribution in [3.05, 3.63) is 34.2 Å². The van der Waals surface area contributed by atoms with E-state index in [0.29, 0.717) is 5.52 Å². The van der Waals surface area contributed by atoms with Gasteiger partial charge in [0.15, 0.2) is 0 Å². The average molecular weight is 201 g/mol. The number of nitrogens with zero attached hydrogens (tertiary/aromatic N) is 3. The second kappa shape index (κ2) is 3.10. The molecule has 2 aromatic heterocycles. The van der Waals surface area contributed by atoms with E-state index in [9.17, 15) is 9.90 Å². The molecule has 5 heteroatoms. The second-order valence-electron chi connectivity index (χ2n) is 3.10. The summed E-state index contributed by atoms with van der Waals surface area (Å²) in [5, 5.41) is 18.2. The Morgan fingerprint density at radius 2 is 2.27 bits per heavy atom. The number of aryl methyl sites for hydroxylation is 1. The molecule has 0 spiro atoms. The molecule has 0 aliphatic carbocycles. The Bertz CT molecular complexity index is 637. The number of pyridine rings is 2. The van der Waals surface area contributed by atoms with Gasteiger partial charge in [-0.15, -0.1) is 0 Å². The molecule has 1 N–H and O–H groups in total. The van der Waals surface area contributed by atoms with Crippen LogP contribution in [0.3, 0.4) is 0 Å². The molecule has 2 rings (SSSR count). The van der Waals surface area contributed by atoms with Gasteiger partial charge in [-0.05, 0) is 12.1 Å². The molecule has 5 nitrogen and oxygen atoms in total. The first kappa shape index (κ1) is 9.21. The lowest BCUT2D eigenvalue weighted by molar-refractivity contribution is 0.478. The lowest BCUT2D eigenvalue weighted by Crippen LogP contribution is -2.15. The molecule has 74 valence electrons. The van der Waals surface area contributed by atoms with Crippen molar-refractivity contribution in [1.29, 1.82) is 5.26 Å². The molecular formula is C10H7N3O2. The molecule has 0 unspecified atom stereocenters. The maximum atomic E-state index is 11.3. The van der Waals surface area contributed by atoms with Crippen LogP contribution in [0.25, 0.3) is 11.0 Å². The number of hydrogen-bond donors (Lipinski definition) is 1. The summed E-state index contributed by atoms with van der Waals surface area (Å²) in [5.74, 6) is -0.204. The van der Waals surface area contributed by atoms with Crippen molar-refractivity contribution in [3.63, 3.8) is 0 Å². The molecule has 0 radical (unpaired) electrons. The van der Waals surface area contributed by atoms with Crippen molar-refractivity contribution in [2.75, 3.05) is 0 Å². The van der Waals surface area contributed by atoms with Crippen LogP contribution in [-0.2, 0) is 7.05 Å². The summed E-state index contributed by atoms with van der Waals surface area (Å²) in [5.41, 5.74) is 0.651. The Hall–Kier alpha value is -2.35. The smallest absolute Gasteiger partial charge is 0.254 e. The normalized spacial score (nSPS) is 10.1. The van der Waals surface area contributed by atoms with E-state index in [2.05, 4.69) is 4.98 Å². The van der Waals surface area contributed by atoms with Gasteiger partial charge < -0.3 is 9.67 Å². The molecule has 2 aromatic rings. The SMILES string of the molecule is Cn1c(=O)cc(O)c2nc(C#N)ccc21. The van der Waals surface area contributed by atoms with Crippen molar-refractivity contribution in [1.82, 2.24) is 9.55 Å². The molecule has 0 saturated heterocycles. The minimum Gasteiger partial charge on any atom is -0.505 e. The van der Waals surface area contributed by atoms with Gasteiger partial charge in [0, 0.05) is 13.1 Å². The van der Waals surface area contributed by atoms with Crippen LogP contribution in [0, 0.1) is 11.3 Å². The number of aromatic nitrogens is 2. The third kappa shape index (κ3) is 1.32. The third-order valence-electron chi connectivity index (χ3n) is 2.18. The van der Waals surface area contributed by atoms with E-state index in [0.717, 1.165) is 6.07 Å². The van der Waals surface area contributed by atoms with Gasteiger partial charge >= 0.3 is 0 Å². The Morgan fingerprint density at radius 1 is 1.53 bits per heavy atom. The molecule has 0 aromatic carbocycles. The predicted molar refractivity (Wildman–Crippen MR) is 53.4 cm³/mol. The topological polar surface area (TPSA) is 78.9 Å². The number of hydrogen-bond acceptors (Lipinski definition) is 4. The summed E-state index contributed by atoms with van der Waals surface area (Å²) in [6, 6.07) is 6.04. The Morgan fingerprint density at radius 3 is 2.93 bits per heavy atom. The van der Waals surface area contributed by atoms with E-state index in [1.165, 1.54) is 10.6 Å². The lowest BCUT2D eigenvalue weighted by atomic mass is 10.2. The summed E-state index contributed by atoms with van der Waals surface area (Å²) < 4.78 is 1.36. The fourth-order valence-corrected chi connectivity index (χ4v) is 1.37. The third-order valence-corrected chi connectivity index (χ3v) is 2.18. The maximum absolute atomic E-state index is 11.3. The fraction of sp³-hybridized carbons (Fsp3) is 0.100. The first-order chi connectivity index (χ1) is 7.13. The van der Waals surface area contributed by atoms with Gasteiger partial charge in [0.25, 0.3) is 5.56 Å². The number of nitriles is 1. The second-order valence-corrected chi connectivity index (χ2v) is 3.10. The van der Waals surface area contributed by atoms with Crippen LogP contribution in [0.4, 0.5) is 0 Å². The van der Waals surface area contributed by atoms with Crippen LogP contribution in [0.5, 0.6) is 5.75 Å². The number of fused-ring (bicyclic) bond motifs is 1. The van der Waals surface area contributed by atoms with Gasteiger partial charge in [0.1, 0.15) is 23.0 Å². The van der Waals surface area contributed by atoms with E-state index in [4.69, 9.17) is 5.26 Å². The van der Waals surface area contributed by atoms with Gasteiger partial charge in [-0.2, -0.15) is 5.26 Å². The van der Waals surface area contributed by atoms with Crippen molar-refractivity contribution in [2.45, 2.75) is 0 Å². The van der Waals surface area contributed by atoms with E-state index in [-0.39, 0.29) is 22.5 Å². The van der Waals surface area contributed by atoms with Crippen molar-refractivity contribution >= 4 is 11.0 Å². The van der Waals surface area contributed by atoms with Gasteiger partial charge in [-0.3, -0.25) is 4.79 Å². The van der Waals surface area contributed by atoms with E-state index >= 15 is 0 Å². The van der Waals surface area contributed by atoms with Crippen molar-refractivity contribution in [2.24, 2.45) is 7.05 Å². The molecule has 2 heterocycles. The van der Waals surface area contributed by atoms with E-state index < -0.39 is 0 Å². The van der Waals surface area contributed by atoms with Crippen LogP contribution in [0.2, 0.25) is 0 Å². The summed E-state index contributed by atoms with van der Waals surface area (Å²) in [6.45, 7) is 0. The first-order valence-electron chi connectivity index (χ1n) is 4.23. The van der Waals surface area contributed by atoms with Crippen molar-refractivity contribution < 1.29 is 5.11 Å². The highest BCUT2D eigenvalue weighted by atomic mass is 16.3. The van der Waals surface area contributed by atoms with Crippen LogP contribution in [0.1, 0.15) is 5.69 Å². The molecule has 0 aliphatic heterocycles. The maximum Gasteiger partial charge on any atom is 0.254 e. The molecule has 0 fully saturated rings. The summed E-state index contributed by atoms with van der Waals surface area (Å²) in [6.07, 6.45) is 0. The average Bonchev–Trinajstić information content (AvgIpc) is 2.25. The summed E-state index contributed by atoms with van der Waals surface area (Å²) in [7, 11) is 1.58. The first-order valence-corrected chi connectivity index (χ1v) is 4.23. The zero-order valence-corrected chi connectivity index (χ0v) is 7.93. The molecule has 0 bridgehead atoms. The standard InChI is InChI=1S/C10H7N3O2/c1-13-7-3-2-6(5-11)12-10(7)8(14)4-9(13)15/h2-4,14H,1H3. The Labute approximate surface area is 84.8 Å². The summed E-state index contributed by atoms with van der Waals surface area (Å²) >= 11 is 0. The highest BCUT2D eigenvalue weighted by Gasteiger charge is 2.07. The summed E-state index contributed by atoms with van der Waals surface area (Å²) in [4.78, 5) is 15.2. The zero-order chi connectivity index (χ0) is 11.0.